The van der Waals surface area contributed by atoms with Gasteiger partial charge in [0.2, 0.25) is 0 Å². The monoisotopic (exact) mass is 299 g/mol. The zero-order chi connectivity index (χ0) is 15.2. The second kappa shape index (κ2) is 4.91. The molecule has 3 nitrogen and oxygen atoms in total. The van der Waals surface area contributed by atoms with Crippen molar-refractivity contribution in [3.63, 3.8) is 0 Å². The van der Waals surface area contributed by atoms with Gasteiger partial charge in [0.15, 0.2) is 5.43 Å². The van der Waals surface area contributed by atoms with E-state index in [4.69, 9.17) is 5.73 Å². The number of fused-ring (bicyclic) bond motifs is 2. The highest BCUT2D eigenvalue weighted by molar-refractivity contribution is 7.24. The van der Waals surface area contributed by atoms with E-state index in [9.17, 15) is 9.90 Å². The van der Waals surface area contributed by atoms with Crippen LogP contribution in [0.25, 0.3) is 20.2 Å². The summed E-state index contributed by atoms with van der Waals surface area (Å²) in [5, 5.41) is 11.3. The molecular formula is C17H17NO2S. The van der Waals surface area contributed by atoms with Crippen molar-refractivity contribution >= 4 is 31.5 Å². The van der Waals surface area contributed by atoms with Crippen molar-refractivity contribution in [1.82, 2.24) is 0 Å². The summed E-state index contributed by atoms with van der Waals surface area (Å²) in [5.41, 5.74) is 5.82. The Morgan fingerprint density at radius 3 is 2.48 bits per heavy atom. The molecule has 0 aliphatic rings. The van der Waals surface area contributed by atoms with Gasteiger partial charge in [-0.2, -0.15) is 0 Å². The molecule has 0 aliphatic carbocycles. The average Bonchev–Trinajstić information content (AvgIpc) is 2.46. The molecule has 2 aromatic carbocycles. The van der Waals surface area contributed by atoms with Crippen molar-refractivity contribution in [2.75, 3.05) is 0 Å². The molecule has 3 aromatic rings. The lowest BCUT2D eigenvalue weighted by molar-refractivity contribution is 0.107. The van der Waals surface area contributed by atoms with Crippen molar-refractivity contribution in [2.45, 2.75) is 25.5 Å². The minimum absolute atomic E-state index is 0.00340. The van der Waals surface area contributed by atoms with E-state index in [0.717, 1.165) is 15.0 Å². The third-order valence-corrected chi connectivity index (χ3v) is 5.17. The van der Waals surface area contributed by atoms with Gasteiger partial charge in [0.05, 0.1) is 0 Å². The summed E-state index contributed by atoms with van der Waals surface area (Å²) in [5.74, 6) is 0. The molecule has 0 fully saturated rings. The zero-order valence-corrected chi connectivity index (χ0v) is 12.8. The van der Waals surface area contributed by atoms with Crippen LogP contribution in [0, 0.1) is 0 Å². The molecule has 108 valence electrons. The van der Waals surface area contributed by atoms with Gasteiger partial charge in [0.1, 0.15) is 6.23 Å². The largest absolute Gasteiger partial charge is 0.378 e. The van der Waals surface area contributed by atoms with E-state index >= 15 is 0 Å². The smallest absolute Gasteiger partial charge is 0.196 e. The summed E-state index contributed by atoms with van der Waals surface area (Å²) in [7, 11) is 0. The number of hydrogen-bond donors (Lipinski definition) is 2. The summed E-state index contributed by atoms with van der Waals surface area (Å²) >= 11 is 1.58. The van der Waals surface area contributed by atoms with E-state index in [1.54, 1.807) is 11.3 Å². The van der Waals surface area contributed by atoms with E-state index in [0.29, 0.717) is 10.8 Å². The number of benzene rings is 2. The quantitative estimate of drug-likeness (QED) is 0.565. The number of rotatable bonds is 2. The van der Waals surface area contributed by atoms with Crippen LogP contribution in [0.15, 0.2) is 47.3 Å². The number of hydrogen-bond acceptors (Lipinski definition) is 4. The number of nitrogens with two attached hydrogens (primary N) is 1. The van der Waals surface area contributed by atoms with Crippen LogP contribution in [0.1, 0.15) is 19.4 Å². The maximum Gasteiger partial charge on any atom is 0.196 e. The lowest BCUT2D eigenvalue weighted by Gasteiger charge is -2.29. The van der Waals surface area contributed by atoms with Gasteiger partial charge in [0.25, 0.3) is 0 Å². The highest BCUT2D eigenvalue weighted by atomic mass is 32.1. The third kappa shape index (κ3) is 2.16. The van der Waals surface area contributed by atoms with Gasteiger partial charge in [-0.3, -0.25) is 4.79 Å². The summed E-state index contributed by atoms with van der Waals surface area (Å²) in [6.07, 6.45) is -1.03. The third-order valence-electron chi connectivity index (χ3n) is 4.04. The number of aliphatic hydroxyl groups is 1. The molecule has 1 heterocycles. The normalized spacial score (nSPS) is 13.7. The SMILES string of the molecule is CC(C)(c1cccc2sc3ccccc3c(=O)c12)C(N)O. The van der Waals surface area contributed by atoms with Crippen LogP contribution in [-0.2, 0) is 5.41 Å². The predicted molar refractivity (Wildman–Crippen MR) is 88.8 cm³/mol. The van der Waals surface area contributed by atoms with Crippen LogP contribution in [-0.4, -0.2) is 11.3 Å². The molecule has 3 N–H and O–H groups in total. The first-order chi connectivity index (χ1) is 9.93. The van der Waals surface area contributed by atoms with Gasteiger partial charge >= 0.3 is 0 Å². The molecule has 0 aliphatic heterocycles. The molecule has 1 aromatic heterocycles. The van der Waals surface area contributed by atoms with E-state index in [1.165, 1.54) is 0 Å². The van der Waals surface area contributed by atoms with Crippen LogP contribution >= 0.6 is 11.3 Å². The molecule has 21 heavy (non-hydrogen) atoms. The van der Waals surface area contributed by atoms with Gasteiger partial charge in [0, 0.05) is 25.6 Å². The van der Waals surface area contributed by atoms with Gasteiger partial charge < -0.3 is 10.8 Å². The second-order valence-corrected chi connectivity index (χ2v) is 6.86. The molecular weight excluding hydrogens is 282 g/mol. The fourth-order valence-electron chi connectivity index (χ4n) is 2.54. The number of aliphatic hydroxyl groups excluding tert-OH is 1. The Labute approximate surface area is 126 Å². The van der Waals surface area contributed by atoms with E-state index < -0.39 is 11.6 Å². The first-order valence-corrected chi connectivity index (χ1v) is 7.63. The highest BCUT2D eigenvalue weighted by Crippen LogP contribution is 2.33. The Balaban J connectivity index is 2.49. The second-order valence-electron chi connectivity index (χ2n) is 5.77. The maximum absolute atomic E-state index is 12.9. The summed E-state index contributed by atoms with van der Waals surface area (Å²) in [6.45, 7) is 3.71. The van der Waals surface area contributed by atoms with E-state index in [-0.39, 0.29) is 5.43 Å². The standard InChI is InChI=1S/C17H17NO2S/c1-17(2,16(18)20)11-7-5-9-13-14(11)15(19)10-6-3-4-8-12(10)21-13/h3-9,16,20H,18H2,1-2H3. The Kier molecular flexibility index (Phi) is 3.32. The predicted octanol–water partition coefficient (Wildman–Crippen LogP) is 2.97. The lowest BCUT2D eigenvalue weighted by atomic mass is 9.81. The molecule has 1 atom stereocenters. The fraction of sp³-hybridized carbons (Fsp3) is 0.235. The highest BCUT2D eigenvalue weighted by Gasteiger charge is 2.30. The minimum atomic E-state index is -1.03. The molecule has 0 bridgehead atoms. The Morgan fingerprint density at radius 2 is 1.76 bits per heavy atom. The Morgan fingerprint density at radius 1 is 1.10 bits per heavy atom. The fourth-order valence-corrected chi connectivity index (χ4v) is 3.65. The molecule has 4 heteroatoms. The summed E-state index contributed by atoms with van der Waals surface area (Å²) in [4.78, 5) is 12.9. The summed E-state index contributed by atoms with van der Waals surface area (Å²) in [6, 6.07) is 13.3. The molecule has 1 unspecified atom stereocenters. The Bertz CT molecular complexity index is 881. The van der Waals surface area contributed by atoms with Crippen molar-refractivity contribution in [3.8, 4) is 0 Å². The van der Waals surface area contributed by atoms with Crippen LogP contribution in [0.4, 0.5) is 0 Å². The van der Waals surface area contributed by atoms with Crippen molar-refractivity contribution in [1.29, 1.82) is 0 Å². The van der Waals surface area contributed by atoms with Crippen LogP contribution in [0.5, 0.6) is 0 Å². The molecule has 0 saturated carbocycles. The van der Waals surface area contributed by atoms with E-state index in [1.807, 2.05) is 56.3 Å². The van der Waals surface area contributed by atoms with Crippen LogP contribution in [0.2, 0.25) is 0 Å². The average molecular weight is 299 g/mol. The first kappa shape index (κ1) is 14.2. The molecule has 0 radical (unpaired) electrons. The maximum atomic E-state index is 12.9. The van der Waals surface area contributed by atoms with Gasteiger partial charge in [-0.05, 0) is 23.8 Å². The van der Waals surface area contributed by atoms with Crippen LogP contribution in [0.3, 0.4) is 0 Å². The van der Waals surface area contributed by atoms with Crippen molar-refractivity contribution in [3.05, 3.63) is 58.3 Å². The minimum Gasteiger partial charge on any atom is -0.378 e. The topological polar surface area (TPSA) is 63.3 Å². The van der Waals surface area contributed by atoms with Crippen molar-refractivity contribution in [2.24, 2.45) is 5.73 Å². The zero-order valence-electron chi connectivity index (χ0n) is 12.0. The lowest BCUT2D eigenvalue weighted by Crippen LogP contribution is -2.41. The van der Waals surface area contributed by atoms with Crippen LogP contribution < -0.4 is 11.2 Å². The Hall–Kier alpha value is -1.75. The van der Waals surface area contributed by atoms with Crippen molar-refractivity contribution < 1.29 is 5.11 Å². The molecule has 0 amide bonds. The first-order valence-electron chi connectivity index (χ1n) is 6.81. The summed E-state index contributed by atoms with van der Waals surface area (Å²) < 4.78 is 1.89. The molecule has 0 saturated heterocycles. The van der Waals surface area contributed by atoms with Gasteiger partial charge in [-0.1, -0.05) is 38.1 Å². The van der Waals surface area contributed by atoms with Gasteiger partial charge in [-0.25, -0.2) is 0 Å². The molecule has 3 rings (SSSR count). The van der Waals surface area contributed by atoms with Gasteiger partial charge in [-0.15, -0.1) is 11.3 Å². The van der Waals surface area contributed by atoms with E-state index in [2.05, 4.69) is 0 Å². The molecule has 0 spiro atoms.